The van der Waals surface area contributed by atoms with Crippen LogP contribution in [0.1, 0.15) is 35.8 Å². The zero-order valence-electron chi connectivity index (χ0n) is 10.6. The molecule has 0 radical (unpaired) electrons. The van der Waals surface area contributed by atoms with E-state index in [2.05, 4.69) is 31.1 Å². The Hall–Kier alpha value is -0.450. The second kappa shape index (κ2) is 6.33. The van der Waals surface area contributed by atoms with Gasteiger partial charge in [0.2, 0.25) is 0 Å². The lowest BCUT2D eigenvalue weighted by Gasteiger charge is -2.21. The number of nitrogens with zero attached hydrogens (tertiary/aromatic N) is 1. The molecule has 0 bridgehead atoms. The second-order valence-corrected chi connectivity index (χ2v) is 5.77. The van der Waals surface area contributed by atoms with Gasteiger partial charge in [-0.2, -0.15) is 0 Å². The van der Waals surface area contributed by atoms with E-state index in [-0.39, 0.29) is 6.61 Å². The summed E-state index contributed by atoms with van der Waals surface area (Å²) in [6.45, 7) is 9.55. The topological polar surface area (TPSA) is 45.2 Å². The minimum Gasteiger partial charge on any atom is -0.396 e. The van der Waals surface area contributed by atoms with Crippen LogP contribution in [0.15, 0.2) is 0 Å². The van der Waals surface area contributed by atoms with Crippen LogP contribution in [0.2, 0.25) is 0 Å². The lowest BCUT2D eigenvalue weighted by Crippen LogP contribution is -2.34. The highest BCUT2D eigenvalue weighted by Crippen LogP contribution is 2.17. The molecule has 0 saturated carbocycles. The Morgan fingerprint density at radius 1 is 1.38 bits per heavy atom. The summed E-state index contributed by atoms with van der Waals surface area (Å²) < 4.78 is 0. The summed E-state index contributed by atoms with van der Waals surface area (Å²) >= 11 is 1.75. The molecule has 1 atom stereocenters. The lowest BCUT2D eigenvalue weighted by atomic mass is 10.0. The molecule has 0 amide bonds. The number of nitrogens with one attached hydrogen (secondary N) is 1. The first-order chi connectivity index (χ1) is 7.54. The molecule has 0 aromatic carbocycles. The summed E-state index contributed by atoms with van der Waals surface area (Å²) in [4.78, 5) is 5.72. The van der Waals surface area contributed by atoms with Crippen molar-refractivity contribution >= 4 is 11.3 Å². The maximum absolute atomic E-state index is 8.99. The first kappa shape index (κ1) is 13.6. The number of hydrogen-bond acceptors (Lipinski definition) is 4. The zero-order chi connectivity index (χ0) is 12.1. The van der Waals surface area contributed by atoms with Crippen molar-refractivity contribution in [2.45, 2.75) is 46.7 Å². The largest absolute Gasteiger partial charge is 0.396 e. The van der Waals surface area contributed by atoms with Crippen molar-refractivity contribution in [1.82, 2.24) is 10.3 Å². The number of aromatic nitrogens is 1. The molecule has 0 saturated heterocycles. The summed E-state index contributed by atoms with van der Waals surface area (Å²) in [5.74, 6) is 0.543. The van der Waals surface area contributed by atoms with E-state index in [0.717, 1.165) is 23.7 Å². The molecule has 1 heterocycles. The van der Waals surface area contributed by atoms with Gasteiger partial charge in [0.1, 0.15) is 0 Å². The molecule has 4 heteroatoms. The van der Waals surface area contributed by atoms with Crippen LogP contribution in [-0.2, 0) is 6.54 Å². The third-order valence-electron chi connectivity index (χ3n) is 2.77. The monoisotopic (exact) mass is 242 g/mol. The summed E-state index contributed by atoms with van der Waals surface area (Å²) in [6, 6.07) is 0.381. The van der Waals surface area contributed by atoms with Gasteiger partial charge < -0.3 is 10.4 Å². The van der Waals surface area contributed by atoms with Crippen LogP contribution in [0.3, 0.4) is 0 Å². The molecule has 0 aliphatic rings. The van der Waals surface area contributed by atoms with E-state index in [1.165, 1.54) is 4.88 Å². The van der Waals surface area contributed by atoms with E-state index in [4.69, 9.17) is 5.11 Å². The number of aliphatic hydroxyl groups is 1. The molecule has 16 heavy (non-hydrogen) atoms. The molecule has 1 aromatic rings. The summed E-state index contributed by atoms with van der Waals surface area (Å²) in [5.41, 5.74) is 1.13. The molecule has 1 unspecified atom stereocenters. The van der Waals surface area contributed by atoms with E-state index in [0.29, 0.717) is 12.0 Å². The Morgan fingerprint density at radius 3 is 2.50 bits per heavy atom. The van der Waals surface area contributed by atoms with Gasteiger partial charge in [-0.25, -0.2) is 4.98 Å². The van der Waals surface area contributed by atoms with Crippen molar-refractivity contribution in [2.24, 2.45) is 5.92 Å². The zero-order valence-corrected chi connectivity index (χ0v) is 11.4. The van der Waals surface area contributed by atoms with Gasteiger partial charge in [0.05, 0.1) is 10.7 Å². The van der Waals surface area contributed by atoms with Crippen molar-refractivity contribution in [3.05, 3.63) is 15.6 Å². The minimum atomic E-state index is 0.247. The van der Waals surface area contributed by atoms with Crippen LogP contribution >= 0.6 is 11.3 Å². The fraction of sp³-hybridized carbons (Fsp3) is 0.750. The SMILES string of the molecule is Cc1nc(C)c(CNC(CCO)C(C)C)s1. The van der Waals surface area contributed by atoms with Gasteiger partial charge >= 0.3 is 0 Å². The molecular formula is C12H22N2OS. The molecule has 1 aromatic heterocycles. The van der Waals surface area contributed by atoms with E-state index < -0.39 is 0 Å². The number of aliphatic hydroxyl groups excluding tert-OH is 1. The fourth-order valence-corrected chi connectivity index (χ4v) is 2.66. The van der Waals surface area contributed by atoms with Gasteiger partial charge in [-0.05, 0) is 26.2 Å². The normalized spacial score (nSPS) is 13.4. The number of rotatable bonds is 6. The molecule has 3 nitrogen and oxygen atoms in total. The van der Waals surface area contributed by atoms with E-state index in [9.17, 15) is 0 Å². The summed E-state index contributed by atoms with van der Waals surface area (Å²) in [5, 5.41) is 13.6. The molecule has 0 spiro atoms. The standard InChI is InChI=1S/C12H22N2OS/c1-8(2)11(5-6-15)13-7-12-9(3)14-10(4)16-12/h8,11,13,15H,5-7H2,1-4H3. The molecule has 0 fully saturated rings. The quantitative estimate of drug-likeness (QED) is 0.804. The number of aryl methyl sites for hydroxylation is 2. The third-order valence-corrected chi connectivity index (χ3v) is 3.84. The van der Waals surface area contributed by atoms with Crippen LogP contribution < -0.4 is 5.32 Å². The molecule has 0 aliphatic heterocycles. The Balaban J connectivity index is 2.51. The van der Waals surface area contributed by atoms with E-state index in [1.807, 2.05) is 6.92 Å². The Kier molecular flexibility index (Phi) is 5.38. The Bertz CT molecular complexity index is 323. The first-order valence-electron chi connectivity index (χ1n) is 5.81. The molecule has 0 aliphatic carbocycles. The number of thiazole rings is 1. The molecule has 1 rings (SSSR count). The lowest BCUT2D eigenvalue weighted by molar-refractivity contribution is 0.244. The van der Waals surface area contributed by atoms with Crippen LogP contribution in [-0.4, -0.2) is 22.7 Å². The van der Waals surface area contributed by atoms with Gasteiger partial charge in [-0.15, -0.1) is 11.3 Å². The summed E-state index contributed by atoms with van der Waals surface area (Å²) in [6.07, 6.45) is 0.814. The van der Waals surface area contributed by atoms with Gasteiger partial charge in [0.25, 0.3) is 0 Å². The van der Waals surface area contributed by atoms with Crippen LogP contribution in [0, 0.1) is 19.8 Å². The smallest absolute Gasteiger partial charge is 0.0900 e. The predicted molar refractivity (Wildman–Crippen MR) is 68.8 cm³/mol. The highest BCUT2D eigenvalue weighted by molar-refractivity contribution is 7.11. The maximum Gasteiger partial charge on any atom is 0.0900 e. The van der Waals surface area contributed by atoms with Gasteiger partial charge in [0, 0.05) is 24.1 Å². The third kappa shape index (κ3) is 3.85. The summed E-state index contributed by atoms with van der Waals surface area (Å²) in [7, 11) is 0. The Labute approximate surface area is 102 Å². The predicted octanol–water partition coefficient (Wildman–Crippen LogP) is 2.26. The van der Waals surface area contributed by atoms with Gasteiger partial charge in [-0.3, -0.25) is 0 Å². The van der Waals surface area contributed by atoms with E-state index >= 15 is 0 Å². The fourth-order valence-electron chi connectivity index (χ4n) is 1.77. The van der Waals surface area contributed by atoms with Crippen molar-refractivity contribution in [1.29, 1.82) is 0 Å². The van der Waals surface area contributed by atoms with Crippen molar-refractivity contribution in [3.63, 3.8) is 0 Å². The van der Waals surface area contributed by atoms with Crippen molar-refractivity contribution in [2.75, 3.05) is 6.61 Å². The van der Waals surface area contributed by atoms with Crippen molar-refractivity contribution in [3.8, 4) is 0 Å². The minimum absolute atomic E-state index is 0.247. The van der Waals surface area contributed by atoms with Crippen molar-refractivity contribution < 1.29 is 5.11 Å². The molecule has 2 N–H and O–H groups in total. The second-order valence-electron chi connectivity index (χ2n) is 4.49. The molecular weight excluding hydrogens is 220 g/mol. The van der Waals surface area contributed by atoms with Crippen LogP contribution in [0.25, 0.3) is 0 Å². The molecule has 92 valence electrons. The average molecular weight is 242 g/mol. The Morgan fingerprint density at radius 2 is 2.06 bits per heavy atom. The highest BCUT2D eigenvalue weighted by atomic mass is 32.1. The number of hydrogen-bond donors (Lipinski definition) is 2. The highest BCUT2D eigenvalue weighted by Gasteiger charge is 2.13. The van der Waals surface area contributed by atoms with Crippen LogP contribution in [0.4, 0.5) is 0 Å². The van der Waals surface area contributed by atoms with E-state index in [1.54, 1.807) is 11.3 Å². The van der Waals surface area contributed by atoms with Gasteiger partial charge in [-0.1, -0.05) is 13.8 Å². The maximum atomic E-state index is 8.99. The average Bonchev–Trinajstić information content (AvgIpc) is 2.51. The van der Waals surface area contributed by atoms with Gasteiger partial charge in [0.15, 0.2) is 0 Å². The first-order valence-corrected chi connectivity index (χ1v) is 6.63. The van der Waals surface area contributed by atoms with Crippen LogP contribution in [0.5, 0.6) is 0 Å².